The minimum atomic E-state index is -0.746. The minimum absolute atomic E-state index is 0.153. The van der Waals surface area contributed by atoms with Gasteiger partial charge in [-0.2, -0.15) is 0 Å². The number of benzene rings is 1. The monoisotopic (exact) mass is 250 g/mol. The molecule has 18 heavy (non-hydrogen) atoms. The van der Waals surface area contributed by atoms with Crippen molar-refractivity contribution in [2.45, 2.75) is 45.4 Å². The molecule has 0 radical (unpaired) electrons. The molecule has 0 amide bonds. The average Bonchev–Trinajstić information content (AvgIpc) is 2.27. The van der Waals surface area contributed by atoms with Crippen LogP contribution >= 0.6 is 0 Å². The first kappa shape index (κ1) is 14.6. The molecule has 0 atom stereocenters. The Hall–Kier alpha value is -1.51. The maximum atomic E-state index is 10.3. The molecule has 0 aliphatic carbocycles. The Balaban J connectivity index is 2.33. The lowest BCUT2D eigenvalue weighted by Gasteiger charge is -2.19. The van der Waals surface area contributed by atoms with Gasteiger partial charge in [0.2, 0.25) is 0 Å². The lowest BCUT2D eigenvalue weighted by atomic mass is 9.87. The fourth-order valence-corrected chi connectivity index (χ4v) is 1.62. The zero-order valence-electron chi connectivity index (χ0n) is 11.4. The van der Waals surface area contributed by atoms with Crippen LogP contribution < -0.4 is 4.74 Å². The van der Waals surface area contributed by atoms with Crippen LogP contribution in [0.25, 0.3) is 0 Å². The van der Waals surface area contributed by atoms with Crippen molar-refractivity contribution in [3.8, 4) is 5.75 Å². The van der Waals surface area contributed by atoms with Crippen molar-refractivity contribution in [3.05, 3.63) is 29.8 Å². The average molecular weight is 250 g/mol. The highest BCUT2D eigenvalue weighted by atomic mass is 16.5. The topological polar surface area (TPSA) is 46.5 Å². The summed E-state index contributed by atoms with van der Waals surface area (Å²) in [5.41, 5.74) is 1.43. The van der Waals surface area contributed by atoms with Crippen LogP contribution in [0.4, 0.5) is 0 Å². The van der Waals surface area contributed by atoms with Gasteiger partial charge in [0.25, 0.3) is 0 Å². The highest BCUT2D eigenvalue weighted by Gasteiger charge is 2.12. The lowest BCUT2D eigenvalue weighted by Crippen LogP contribution is -2.10. The van der Waals surface area contributed by atoms with E-state index in [1.807, 2.05) is 12.1 Å². The van der Waals surface area contributed by atoms with Gasteiger partial charge in [0, 0.05) is 6.42 Å². The predicted molar refractivity (Wildman–Crippen MR) is 72.1 cm³/mol. The van der Waals surface area contributed by atoms with Gasteiger partial charge in [-0.3, -0.25) is 4.79 Å². The molecule has 0 fully saturated rings. The van der Waals surface area contributed by atoms with Gasteiger partial charge in [-0.25, -0.2) is 0 Å². The van der Waals surface area contributed by atoms with Gasteiger partial charge in [0.05, 0.1) is 6.61 Å². The molecule has 0 spiro atoms. The molecule has 1 aromatic rings. The number of carboxylic acid groups (broad SMARTS) is 1. The van der Waals surface area contributed by atoms with Gasteiger partial charge >= 0.3 is 5.97 Å². The Morgan fingerprint density at radius 3 is 2.28 bits per heavy atom. The van der Waals surface area contributed by atoms with Gasteiger partial charge in [0.15, 0.2) is 0 Å². The Kier molecular flexibility index (Phi) is 5.20. The van der Waals surface area contributed by atoms with Gasteiger partial charge < -0.3 is 9.84 Å². The van der Waals surface area contributed by atoms with Crippen molar-refractivity contribution in [2.75, 3.05) is 6.61 Å². The molecule has 1 N–H and O–H groups in total. The van der Waals surface area contributed by atoms with E-state index in [2.05, 4.69) is 32.9 Å². The molecule has 0 bridgehead atoms. The molecule has 0 aliphatic heterocycles. The number of unbranched alkanes of at least 4 members (excludes halogenated alkanes) is 1. The predicted octanol–water partition coefficient (Wildman–Crippen LogP) is 3.62. The van der Waals surface area contributed by atoms with E-state index in [4.69, 9.17) is 9.84 Å². The highest BCUT2D eigenvalue weighted by Crippen LogP contribution is 2.24. The summed E-state index contributed by atoms with van der Waals surface area (Å²) in [6, 6.07) is 8.09. The second kappa shape index (κ2) is 6.43. The summed E-state index contributed by atoms with van der Waals surface area (Å²) in [5.74, 6) is 0.0999. The largest absolute Gasteiger partial charge is 0.494 e. The molecular formula is C15H22O3. The van der Waals surface area contributed by atoms with E-state index >= 15 is 0 Å². The summed E-state index contributed by atoms with van der Waals surface area (Å²) in [4.78, 5) is 10.3. The van der Waals surface area contributed by atoms with Gasteiger partial charge in [-0.1, -0.05) is 32.9 Å². The standard InChI is InChI=1S/C15H22O3/c1-15(2,3)12-7-9-13(10-8-12)18-11-5-4-6-14(16)17/h7-10H,4-6,11H2,1-3H3,(H,16,17). The van der Waals surface area contributed by atoms with E-state index in [1.54, 1.807) is 0 Å². The third-order valence-electron chi connectivity index (χ3n) is 2.77. The molecule has 1 aromatic carbocycles. The fraction of sp³-hybridized carbons (Fsp3) is 0.533. The molecule has 0 saturated carbocycles. The fourth-order valence-electron chi connectivity index (χ4n) is 1.62. The molecule has 0 saturated heterocycles. The van der Waals surface area contributed by atoms with Crippen molar-refractivity contribution >= 4 is 5.97 Å². The molecule has 0 unspecified atom stereocenters. The SMILES string of the molecule is CC(C)(C)c1ccc(OCCCCC(=O)O)cc1. The van der Waals surface area contributed by atoms with Gasteiger partial charge in [-0.15, -0.1) is 0 Å². The van der Waals surface area contributed by atoms with Crippen LogP contribution in [-0.4, -0.2) is 17.7 Å². The molecule has 3 heteroatoms. The van der Waals surface area contributed by atoms with Crippen molar-refractivity contribution in [1.82, 2.24) is 0 Å². The molecule has 3 nitrogen and oxygen atoms in total. The number of carboxylic acids is 1. The summed E-state index contributed by atoms with van der Waals surface area (Å²) >= 11 is 0. The summed E-state index contributed by atoms with van der Waals surface area (Å²) in [6.45, 7) is 7.10. The Labute approximate surface area is 109 Å². The Bertz CT molecular complexity index is 374. The summed E-state index contributed by atoms with van der Waals surface area (Å²) in [6.07, 6.45) is 1.65. The molecular weight excluding hydrogens is 228 g/mol. The van der Waals surface area contributed by atoms with Crippen LogP contribution in [0.1, 0.15) is 45.6 Å². The van der Waals surface area contributed by atoms with E-state index in [-0.39, 0.29) is 11.8 Å². The third kappa shape index (κ3) is 5.21. The van der Waals surface area contributed by atoms with E-state index in [0.717, 1.165) is 12.2 Å². The Morgan fingerprint density at radius 2 is 1.78 bits per heavy atom. The maximum absolute atomic E-state index is 10.3. The zero-order chi connectivity index (χ0) is 13.6. The van der Waals surface area contributed by atoms with E-state index in [9.17, 15) is 4.79 Å². The first-order chi connectivity index (χ1) is 8.39. The van der Waals surface area contributed by atoms with Crippen LogP contribution in [0.15, 0.2) is 24.3 Å². The van der Waals surface area contributed by atoms with Crippen LogP contribution in [0.2, 0.25) is 0 Å². The van der Waals surface area contributed by atoms with Crippen molar-refractivity contribution < 1.29 is 14.6 Å². The molecule has 1 rings (SSSR count). The highest BCUT2D eigenvalue weighted by molar-refractivity contribution is 5.66. The van der Waals surface area contributed by atoms with Crippen LogP contribution in [0, 0.1) is 0 Å². The first-order valence-electron chi connectivity index (χ1n) is 6.35. The smallest absolute Gasteiger partial charge is 0.303 e. The number of carbonyl (C=O) groups is 1. The van der Waals surface area contributed by atoms with Crippen LogP contribution in [0.5, 0.6) is 5.75 Å². The Morgan fingerprint density at radius 1 is 1.17 bits per heavy atom. The number of hydrogen-bond acceptors (Lipinski definition) is 2. The first-order valence-corrected chi connectivity index (χ1v) is 6.35. The molecule has 0 heterocycles. The van der Waals surface area contributed by atoms with E-state index in [0.29, 0.717) is 13.0 Å². The number of aliphatic carboxylic acids is 1. The number of rotatable bonds is 6. The summed E-state index contributed by atoms with van der Waals surface area (Å²) in [7, 11) is 0. The van der Waals surface area contributed by atoms with Gasteiger partial charge in [0.1, 0.15) is 5.75 Å². The summed E-state index contributed by atoms with van der Waals surface area (Å²) in [5, 5.41) is 8.50. The van der Waals surface area contributed by atoms with Crippen LogP contribution in [0.3, 0.4) is 0 Å². The quantitative estimate of drug-likeness (QED) is 0.784. The third-order valence-corrected chi connectivity index (χ3v) is 2.77. The normalized spacial score (nSPS) is 11.3. The van der Waals surface area contributed by atoms with Crippen LogP contribution in [-0.2, 0) is 10.2 Å². The molecule has 0 aromatic heterocycles. The van der Waals surface area contributed by atoms with Crippen molar-refractivity contribution in [2.24, 2.45) is 0 Å². The van der Waals surface area contributed by atoms with Gasteiger partial charge in [-0.05, 0) is 36.0 Å². The molecule has 100 valence electrons. The van der Waals surface area contributed by atoms with Crippen molar-refractivity contribution in [3.63, 3.8) is 0 Å². The maximum Gasteiger partial charge on any atom is 0.303 e. The second-order valence-electron chi connectivity index (χ2n) is 5.47. The number of ether oxygens (including phenoxy) is 1. The second-order valence-corrected chi connectivity index (χ2v) is 5.47. The number of hydrogen-bond donors (Lipinski definition) is 1. The zero-order valence-corrected chi connectivity index (χ0v) is 11.4. The van der Waals surface area contributed by atoms with E-state index in [1.165, 1.54) is 5.56 Å². The van der Waals surface area contributed by atoms with E-state index < -0.39 is 5.97 Å². The minimum Gasteiger partial charge on any atom is -0.494 e. The summed E-state index contributed by atoms with van der Waals surface area (Å²) < 4.78 is 5.56. The molecule has 0 aliphatic rings. The lowest BCUT2D eigenvalue weighted by molar-refractivity contribution is -0.137. The van der Waals surface area contributed by atoms with Crippen molar-refractivity contribution in [1.29, 1.82) is 0 Å².